The number of benzene rings is 3. The van der Waals surface area contributed by atoms with E-state index in [0.29, 0.717) is 24.0 Å². The number of amides is 3. The summed E-state index contributed by atoms with van der Waals surface area (Å²) >= 11 is 0. The minimum absolute atomic E-state index is 0.0467. The van der Waals surface area contributed by atoms with Crippen molar-refractivity contribution in [2.24, 2.45) is 0 Å². The van der Waals surface area contributed by atoms with Gasteiger partial charge in [0.1, 0.15) is 6.61 Å². The molecule has 3 amide bonds. The van der Waals surface area contributed by atoms with E-state index in [9.17, 15) is 19.5 Å². The molecular weight excluding hydrogens is 444 g/mol. The third-order valence-electron chi connectivity index (χ3n) is 6.70. The molecule has 35 heavy (non-hydrogen) atoms. The number of alkyl carbamates (subject to hydrolysis) is 1. The van der Waals surface area contributed by atoms with E-state index in [1.165, 1.54) is 4.90 Å². The number of fused-ring (bicyclic) bond motifs is 4. The van der Waals surface area contributed by atoms with Gasteiger partial charge in [-0.1, -0.05) is 60.7 Å². The number of nitrogens with one attached hydrogen (secondary N) is 1. The third-order valence-corrected chi connectivity index (χ3v) is 6.70. The monoisotopic (exact) mass is 470 g/mol. The van der Waals surface area contributed by atoms with Crippen molar-refractivity contribution >= 4 is 17.9 Å². The molecule has 2 N–H and O–H groups in total. The molecule has 1 aliphatic heterocycles. The topological polar surface area (TPSA) is 95.9 Å². The van der Waals surface area contributed by atoms with E-state index < -0.39 is 12.1 Å². The van der Waals surface area contributed by atoms with Crippen LogP contribution in [0.4, 0.5) is 4.79 Å². The summed E-state index contributed by atoms with van der Waals surface area (Å²) in [5.41, 5.74) is 5.38. The van der Waals surface area contributed by atoms with Gasteiger partial charge in [-0.2, -0.15) is 0 Å². The first kappa shape index (κ1) is 22.8. The highest BCUT2D eigenvalue weighted by molar-refractivity contribution is 6.21. The number of rotatable bonds is 8. The first-order chi connectivity index (χ1) is 17.1. The van der Waals surface area contributed by atoms with Gasteiger partial charge in [-0.3, -0.25) is 14.5 Å². The van der Waals surface area contributed by atoms with Gasteiger partial charge in [-0.25, -0.2) is 4.79 Å². The lowest BCUT2D eigenvalue weighted by Crippen LogP contribution is -2.39. The summed E-state index contributed by atoms with van der Waals surface area (Å²) in [7, 11) is 0. The maximum Gasteiger partial charge on any atom is 0.407 e. The van der Waals surface area contributed by atoms with Crippen LogP contribution in [-0.2, 0) is 4.74 Å². The molecule has 0 bridgehead atoms. The Morgan fingerprint density at radius 1 is 0.857 bits per heavy atom. The Bertz CT molecular complexity index is 1210. The van der Waals surface area contributed by atoms with E-state index in [0.717, 1.165) is 22.3 Å². The molecule has 7 heteroatoms. The minimum Gasteiger partial charge on any atom is -0.449 e. The molecule has 1 heterocycles. The molecule has 0 aromatic heterocycles. The van der Waals surface area contributed by atoms with Crippen molar-refractivity contribution in [1.82, 2.24) is 10.2 Å². The van der Waals surface area contributed by atoms with Gasteiger partial charge < -0.3 is 15.2 Å². The number of carbonyl (C=O) groups is 3. The average Bonchev–Trinajstić information content (AvgIpc) is 3.34. The second kappa shape index (κ2) is 9.72. The van der Waals surface area contributed by atoms with Gasteiger partial charge in [0, 0.05) is 12.5 Å². The van der Waals surface area contributed by atoms with Crippen LogP contribution in [0.15, 0.2) is 72.8 Å². The van der Waals surface area contributed by atoms with E-state index in [1.54, 1.807) is 24.3 Å². The summed E-state index contributed by atoms with van der Waals surface area (Å²) in [6, 6.07) is 22.4. The van der Waals surface area contributed by atoms with Crippen molar-refractivity contribution in [2.45, 2.75) is 24.8 Å². The molecule has 1 atom stereocenters. The molecular formula is C28H26N2O5. The van der Waals surface area contributed by atoms with Crippen LogP contribution in [-0.4, -0.2) is 53.7 Å². The van der Waals surface area contributed by atoms with Gasteiger partial charge in [0.05, 0.1) is 23.8 Å². The van der Waals surface area contributed by atoms with Crippen LogP contribution >= 0.6 is 0 Å². The smallest absolute Gasteiger partial charge is 0.407 e. The highest BCUT2D eigenvalue weighted by atomic mass is 16.5. The predicted molar refractivity (Wildman–Crippen MR) is 130 cm³/mol. The third kappa shape index (κ3) is 4.31. The number of aliphatic hydroxyl groups excluding tert-OH is 1. The summed E-state index contributed by atoms with van der Waals surface area (Å²) < 4.78 is 5.55. The summed E-state index contributed by atoms with van der Waals surface area (Å²) in [4.78, 5) is 38.7. The van der Waals surface area contributed by atoms with E-state index in [2.05, 4.69) is 29.6 Å². The van der Waals surface area contributed by atoms with Crippen LogP contribution in [0, 0.1) is 0 Å². The van der Waals surface area contributed by atoms with Crippen molar-refractivity contribution in [3.05, 3.63) is 95.1 Å². The van der Waals surface area contributed by atoms with Crippen molar-refractivity contribution in [1.29, 1.82) is 0 Å². The van der Waals surface area contributed by atoms with Gasteiger partial charge in [-0.15, -0.1) is 0 Å². The fraction of sp³-hybridized carbons (Fsp3) is 0.250. The van der Waals surface area contributed by atoms with Gasteiger partial charge in [0.2, 0.25) is 0 Å². The summed E-state index contributed by atoms with van der Waals surface area (Å²) in [6.07, 6.45) is 0.237. The van der Waals surface area contributed by atoms with Crippen molar-refractivity contribution in [2.75, 3.05) is 19.8 Å². The summed E-state index contributed by atoms with van der Waals surface area (Å²) in [5.74, 6) is -0.666. The quantitative estimate of drug-likeness (QED) is 0.486. The predicted octanol–water partition coefficient (Wildman–Crippen LogP) is 3.96. The van der Waals surface area contributed by atoms with Gasteiger partial charge in [0.25, 0.3) is 11.8 Å². The number of aliphatic hydroxyl groups is 1. The number of carbonyl (C=O) groups excluding carboxylic acids is 3. The Morgan fingerprint density at radius 2 is 1.37 bits per heavy atom. The van der Waals surface area contributed by atoms with Crippen molar-refractivity contribution in [3.63, 3.8) is 0 Å². The zero-order valence-electron chi connectivity index (χ0n) is 19.1. The summed E-state index contributed by atoms with van der Waals surface area (Å²) in [5, 5.41) is 12.4. The van der Waals surface area contributed by atoms with Crippen LogP contribution in [0.1, 0.15) is 50.6 Å². The molecule has 2 aliphatic rings. The minimum atomic E-state index is -0.605. The van der Waals surface area contributed by atoms with Gasteiger partial charge >= 0.3 is 6.09 Å². The molecule has 5 rings (SSSR count). The van der Waals surface area contributed by atoms with Crippen LogP contribution < -0.4 is 5.32 Å². The molecule has 0 saturated heterocycles. The van der Waals surface area contributed by atoms with Gasteiger partial charge in [0.15, 0.2) is 0 Å². The Hall–Kier alpha value is -3.97. The van der Waals surface area contributed by atoms with Crippen LogP contribution in [0.25, 0.3) is 11.1 Å². The molecule has 178 valence electrons. The maximum atomic E-state index is 12.5. The molecule has 0 saturated carbocycles. The number of ether oxygens (including phenoxy) is 1. The molecule has 7 nitrogen and oxygen atoms in total. The van der Waals surface area contributed by atoms with Gasteiger partial charge in [-0.05, 0) is 47.2 Å². The first-order valence-corrected chi connectivity index (χ1v) is 11.8. The largest absolute Gasteiger partial charge is 0.449 e. The summed E-state index contributed by atoms with van der Waals surface area (Å²) in [6.45, 7) is 0.134. The SMILES string of the molecule is O=C(N[C@H](CO)CCCN1C(=O)c2ccccc2C1=O)OCC1c2ccccc2-c2ccccc21. The molecule has 0 fully saturated rings. The lowest BCUT2D eigenvalue weighted by atomic mass is 9.98. The lowest BCUT2D eigenvalue weighted by molar-refractivity contribution is 0.0648. The number of hydrogen-bond acceptors (Lipinski definition) is 5. The number of imide groups is 1. The Morgan fingerprint density at radius 3 is 1.91 bits per heavy atom. The first-order valence-electron chi connectivity index (χ1n) is 11.8. The van der Waals surface area contributed by atoms with Crippen molar-refractivity contribution < 1.29 is 24.2 Å². The molecule has 0 radical (unpaired) electrons. The van der Waals surface area contributed by atoms with E-state index in [4.69, 9.17) is 4.74 Å². The number of hydrogen-bond donors (Lipinski definition) is 2. The zero-order chi connectivity index (χ0) is 24.4. The second-order valence-corrected chi connectivity index (χ2v) is 8.80. The fourth-order valence-corrected chi connectivity index (χ4v) is 4.95. The Labute approximate surface area is 203 Å². The highest BCUT2D eigenvalue weighted by Crippen LogP contribution is 2.44. The molecule has 1 aliphatic carbocycles. The van der Waals surface area contributed by atoms with E-state index in [1.807, 2.05) is 24.3 Å². The highest BCUT2D eigenvalue weighted by Gasteiger charge is 2.34. The lowest BCUT2D eigenvalue weighted by Gasteiger charge is -2.20. The maximum absolute atomic E-state index is 12.5. The molecule has 3 aromatic rings. The Balaban J connectivity index is 1.13. The number of nitrogens with zero attached hydrogens (tertiary/aromatic N) is 1. The Kier molecular flexibility index (Phi) is 6.33. The molecule has 0 unspecified atom stereocenters. The van der Waals surface area contributed by atoms with E-state index in [-0.39, 0.29) is 37.5 Å². The molecule has 0 spiro atoms. The zero-order valence-corrected chi connectivity index (χ0v) is 19.1. The van der Waals surface area contributed by atoms with E-state index >= 15 is 0 Å². The standard InChI is InChI=1S/C28H26N2O5/c31-16-18(8-7-15-30-26(32)23-13-5-6-14-24(23)27(30)33)29-28(34)35-17-25-21-11-3-1-9-19(21)20-10-2-4-12-22(20)25/h1-6,9-14,18,25,31H,7-8,15-17H2,(H,29,34)/t18-/m0/s1. The van der Waals surface area contributed by atoms with Crippen LogP contribution in [0.5, 0.6) is 0 Å². The fourth-order valence-electron chi connectivity index (χ4n) is 4.95. The van der Waals surface area contributed by atoms with Crippen LogP contribution in [0.2, 0.25) is 0 Å². The van der Waals surface area contributed by atoms with Crippen molar-refractivity contribution in [3.8, 4) is 11.1 Å². The molecule has 3 aromatic carbocycles. The average molecular weight is 471 g/mol. The second-order valence-electron chi connectivity index (χ2n) is 8.80. The van der Waals surface area contributed by atoms with Crippen LogP contribution in [0.3, 0.4) is 0 Å². The normalized spacial score (nSPS) is 14.9.